The quantitative estimate of drug-likeness (QED) is 0.121. The van der Waals surface area contributed by atoms with E-state index in [0.717, 1.165) is 0 Å². The summed E-state index contributed by atoms with van der Waals surface area (Å²) in [6.45, 7) is 9.75. The monoisotopic (exact) mass is 687 g/mol. The van der Waals surface area contributed by atoms with Crippen molar-refractivity contribution in [3.8, 4) is 16.8 Å². The van der Waals surface area contributed by atoms with E-state index in [1.807, 2.05) is 0 Å². The maximum absolute atomic E-state index is 2.74. The van der Waals surface area contributed by atoms with E-state index >= 15 is 0 Å². The minimum Gasteiger partial charge on any atom is -0.309 e. The van der Waals surface area contributed by atoms with Crippen LogP contribution in [0.2, 0.25) is 0 Å². The molecule has 0 spiro atoms. The van der Waals surface area contributed by atoms with Gasteiger partial charge < -0.3 is 4.57 Å². The van der Waals surface area contributed by atoms with Crippen molar-refractivity contribution in [2.45, 2.75) is 51.4 Å². The van der Waals surface area contributed by atoms with E-state index in [9.17, 15) is 0 Å². The van der Waals surface area contributed by atoms with E-state index in [1.54, 1.807) is 0 Å². The van der Waals surface area contributed by atoms with Gasteiger partial charge in [0.25, 0.3) is 0 Å². The number of benzene rings is 7. The molecule has 0 fully saturated rings. The molecule has 0 saturated heterocycles. The molecule has 0 amide bonds. The Kier molecular flexibility index (Phi) is 7.71. The summed E-state index contributed by atoms with van der Waals surface area (Å²) in [5.74, 6) is 0. The van der Waals surface area contributed by atoms with Crippen LogP contribution in [0, 0.1) is 0 Å². The molecule has 1 heterocycles. The highest BCUT2D eigenvalue weighted by molar-refractivity contribution is 7.19. The van der Waals surface area contributed by atoms with Gasteiger partial charge in [-0.15, -0.1) is 0 Å². The molecule has 52 heavy (non-hydrogen) atoms. The van der Waals surface area contributed by atoms with Crippen LogP contribution in [0.1, 0.15) is 51.7 Å². The van der Waals surface area contributed by atoms with Gasteiger partial charge in [-0.05, 0) is 97.0 Å². The van der Waals surface area contributed by atoms with Gasteiger partial charge in [-0.25, -0.2) is 0 Å². The van der Waals surface area contributed by atoms with Gasteiger partial charge in [-0.1, -0.05) is 173 Å². The minimum absolute atomic E-state index is 0.120. The predicted molar refractivity (Wildman–Crippen MR) is 225 cm³/mol. The molecular weight excluding hydrogens is 643 g/mol. The lowest BCUT2D eigenvalue weighted by molar-refractivity contribution is 0.332. The smallest absolute Gasteiger partial charge is 0.179 e. The second kappa shape index (κ2) is 12.4. The predicted octanol–water partition coefficient (Wildman–Crippen LogP) is 10.2. The van der Waals surface area contributed by atoms with Gasteiger partial charge in [0.1, 0.15) is 0 Å². The van der Waals surface area contributed by atoms with Gasteiger partial charge in [-0.2, -0.15) is 0 Å². The van der Waals surface area contributed by atoms with Crippen molar-refractivity contribution in [1.29, 1.82) is 0 Å². The van der Waals surface area contributed by atoms with Crippen LogP contribution in [-0.2, 0) is 10.8 Å². The Balaban J connectivity index is 1.27. The summed E-state index contributed by atoms with van der Waals surface area (Å²) in [5.41, 5.74) is 9.42. The summed E-state index contributed by atoms with van der Waals surface area (Å²) in [7, 11) is -2.74. The highest BCUT2D eigenvalue weighted by Gasteiger charge is 2.44. The zero-order valence-electron chi connectivity index (χ0n) is 30.6. The summed E-state index contributed by atoms with van der Waals surface area (Å²) in [5, 5.41) is 8.22. The van der Waals surface area contributed by atoms with Crippen LogP contribution >= 0.6 is 0 Å². The minimum atomic E-state index is -2.74. The first-order valence-electron chi connectivity index (χ1n) is 18.7. The molecule has 0 bridgehead atoms. The van der Waals surface area contributed by atoms with E-state index in [-0.39, 0.29) is 10.8 Å². The summed E-state index contributed by atoms with van der Waals surface area (Å²) >= 11 is 0. The van der Waals surface area contributed by atoms with Crippen LogP contribution < -0.4 is 20.7 Å². The fourth-order valence-corrected chi connectivity index (χ4v) is 13.9. The molecule has 7 aromatic carbocycles. The molecule has 0 aliphatic heterocycles. The lowest BCUT2D eigenvalue weighted by Crippen LogP contribution is -2.74. The number of hydrogen-bond acceptors (Lipinski definition) is 0. The molecule has 0 N–H and O–H groups in total. The third-order valence-corrected chi connectivity index (χ3v) is 16.8. The molecule has 1 aliphatic carbocycles. The number of nitrogens with zero attached hydrogens (tertiary/aromatic N) is 1. The topological polar surface area (TPSA) is 4.93 Å². The third-order valence-electron chi connectivity index (χ3n) is 12.0. The molecular formula is C50H45NSi. The third kappa shape index (κ3) is 5.11. The average molecular weight is 688 g/mol. The Morgan fingerprint density at radius 3 is 1.58 bits per heavy atom. The van der Waals surface area contributed by atoms with Crippen molar-refractivity contribution in [2.24, 2.45) is 0 Å². The van der Waals surface area contributed by atoms with Crippen LogP contribution in [0.25, 0.3) is 38.6 Å². The van der Waals surface area contributed by atoms with Crippen molar-refractivity contribution in [1.82, 2.24) is 4.57 Å². The average Bonchev–Trinajstić information content (AvgIpc) is 3.52. The van der Waals surface area contributed by atoms with Crippen molar-refractivity contribution in [3.63, 3.8) is 0 Å². The summed E-state index contributed by atoms with van der Waals surface area (Å²) < 4.78 is 2.45. The molecule has 254 valence electrons. The SMILES string of the molecule is CC1(C)CCC(C)(C)c2cc([Si](c3ccccc3)(c3ccccc3)c3ccc(-n4c5ccccc5c5cc(-c6ccccc6)ccc54)cc3)ccc21. The molecule has 1 aromatic heterocycles. The molecule has 2 heteroatoms. The number of fused-ring (bicyclic) bond motifs is 4. The molecule has 0 saturated carbocycles. The maximum Gasteiger partial charge on any atom is 0.179 e. The highest BCUT2D eigenvalue weighted by atomic mass is 28.3. The molecule has 0 atom stereocenters. The zero-order valence-corrected chi connectivity index (χ0v) is 31.6. The van der Waals surface area contributed by atoms with E-state index < -0.39 is 8.07 Å². The van der Waals surface area contributed by atoms with Crippen molar-refractivity contribution >= 4 is 50.6 Å². The van der Waals surface area contributed by atoms with Gasteiger partial charge in [0.2, 0.25) is 0 Å². The summed E-state index contributed by atoms with van der Waals surface area (Å²) in [6, 6.07) is 66.4. The van der Waals surface area contributed by atoms with Crippen molar-refractivity contribution < 1.29 is 0 Å². The van der Waals surface area contributed by atoms with Crippen LogP contribution in [0.4, 0.5) is 0 Å². The second-order valence-electron chi connectivity index (χ2n) is 16.0. The summed E-state index contributed by atoms with van der Waals surface area (Å²) in [6.07, 6.45) is 2.41. The van der Waals surface area contributed by atoms with Crippen LogP contribution in [0.3, 0.4) is 0 Å². The van der Waals surface area contributed by atoms with Crippen LogP contribution in [0.5, 0.6) is 0 Å². The van der Waals surface area contributed by atoms with Gasteiger partial charge >= 0.3 is 0 Å². The van der Waals surface area contributed by atoms with E-state index in [2.05, 4.69) is 208 Å². The molecule has 8 aromatic rings. The van der Waals surface area contributed by atoms with E-state index in [4.69, 9.17) is 0 Å². The number of para-hydroxylation sites is 1. The Morgan fingerprint density at radius 2 is 0.923 bits per heavy atom. The number of aromatic nitrogens is 1. The largest absolute Gasteiger partial charge is 0.309 e. The van der Waals surface area contributed by atoms with Gasteiger partial charge in [-0.3, -0.25) is 0 Å². The van der Waals surface area contributed by atoms with E-state index in [0.29, 0.717) is 0 Å². The highest BCUT2D eigenvalue weighted by Crippen LogP contribution is 2.45. The fraction of sp³-hybridized carbons (Fsp3) is 0.160. The lowest BCUT2D eigenvalue weighted by Gasteiger charge is -2.43. The van der Waals surface area contributed by atoms with Gasteiger partial charge in [0.15, 0.2) is 8.07 Å². The normalized spacial score (nSPS) is 15.1. The molecule has 0 unspecified atom stereocenters. The second-order valence-corrected chi connectivity index (χ2v) is 19.8. The Labute approximate surface area is 309 Å². The first kappa shape index (κ1) is 32.5. The maximum atomic E-state index is 2.62. The molecule has 9 rings (SSSR count). The zero-order chi connectivity index (χ0) is 35.5. The Hall–Kier alpha value is -5.44. The molecule has 0 radical (unpaired) electrons. The number of hydrogen-bond donors (Lipinski definition) is 0. The van der Waals surface area contributed by atoms with E-state index in [1.165, 1.54) is 83.3 Å². The molecule has 1 aliphatic rings. The Morgan fingerprint density at radius 1 is 0.404 bits per heavy atom. The van der Waals surface area contributed by atoms with Gasteiger partial charge in [0, 0.05) is 16.5 Å². The van der Waals surface area contributed by atoms with Crippen molar-refractivity contribution in [2.75, 3.05) is 0 Å². The van der Waals surface area contributed by atoms with Crippen LogP contribution in [-0.4, -0.2) is 12.6 Å². The fourth-order valence-electron chi connectivity index (χ4n) is 9.12. The lowest BCUT2D eigenvalue weighted by atomic mass is 9.63. The summed E-state index contributed by atoms with van der Waals surface area (Å²) in [4.78, 5) is 0. The van der Waals surface area contributed by atoms with Crippen molar-refractivity contribution in [3.05, 3.63) is 187 Å². The first-order chi connectivity index (χ1) is 25.3. The molecule has 1 nitrogen and oxygen atoms in total. The first-order valence-corrected chi connectivity index (χ1v) is 20.7. The number of rotatable bonds is 6. The standard InChI is InChI=1S/C50H45NSi/c1-49(2)32-33-50(3,4)46-35-42(29-30-45(46)49)52(39-18-10-6-11-19-39,40-20-12-7-13-21-40)41-27-25-38(26-28-41)51-47-23-15-14-22-43(47)44-34-37(24-31-48(44)51)36-16-8-5-9-17-36/h5-31,34-35H,32-33H2,1-4H3. The van der Waals surface area contributed by atoms with Crippen LogP contribution in [0.15, 0.2) is 176 Å². The Bertz CT molecular complexity index is 2500. The van der Waals surface area contributed by atoms with Gasteiger partial charge in [0.05, 0.1) is 11.0 Å².